The van der Waals surface area contributed by atoms with E-state index >= 15 is 0 Å². The Balaban J connectivity index is 0.000000751. The van der Waals surface area contributed by atoms with Crippen molar-refractivity contribution >= 4 is 17.8 Å². The molecule has 2 rings (SSSR count). The number of benzene rings is 1. The SMILES string of the molecule is COC(=O)C1CCCN1C(=O)C(NC(=O)c1cccc(O)c1)C(C)(C)C.OCCCCO. The number of hydrogen-bond acceptors (Lipinski definition) is 7. The number of unbranched alkanes of at least 4 members (excludes halogenated alkanes) is 1. The van der Waals surface area contributed by atoms with E-state index in [1.807, 2.05) is 20.8 Å². The van der Waals surface area contributed by atoms with Gasteiger partial charge in [-0.1, -0.05) is 26.8 Å². The lowest BCUT2D eigenvalue weighted by molar-refractivity contribution is -0.152. The van der Waals surface area contributed by atoms with Gasteiger partial charge in [0.1, 0.15) is 17.8 Å². The lowest BCUT2D eigenvalue weighted by atomic mass is 9.85. The molecule has 1 aromatic rings. The van der Waals surface area contributed by atoms with Crippen molar-refractivity contribution in [2.45, 2.75) is 58.5 Å². The quantitative estimate of drug-likeness (QED) is 0.363. The van der Waals surface area contributed by atoms with E-state index in [1.165, 1.54) is 24.1 Å². The van der Waals surface area contributed by atoms with Gasteiger partial charge in [-0.25, -0.2) is 4.79 Å². The zero-order chi connectivity index (χ0) is 24.3. The molecule has 1 heterocycles. The van der Waals surface area contributed by atoms with Gasteiger partial charge >= 0.3 is 5.97 Å². The number of aliphatic hydroxyl groups is 2. The van der Waals surface area contributed by atoms with Crippen LogP contribution < -0.4 is 5.32 Å². The minimum absolute atomic E-state index is 0.0263. The molecule has 1 saturated heterocycles. The number of nitrogens with zero attached hydrogens (tertiary/aromatic N) is 1. The average Bonchev–Trinajstić information content (AvgIpc) is 3.24. The van der Waals surface area contributed by atoms with Gasteiger partial charge in [-0.3, -0.25) is 9.59 Å². The monoisotopic (exact) mass is 452 g/mol. The maximum atomic E-state index is 13.1. The topological polar surface area (TPSA) is 136 Å². The number of phenols is 1. The molecule has 0 radical (unpaired) electrons. The highest BCUT2D eigenvalue weighted by Gasteiger charge is 2.42. The first kappa shape index (κ1) is 27.4. The fourth-order valence-electron chi connectivity index (χ4n) is 3.31. The van der Waals surface area contributed by atoms with Crippen LogP contribution in [0.2, 0.25) is 0 Å². The van der Waals surface area contributed by atoms with E-state index in [9.17, 15) is 19.5 Å². The molecule has 4 N–H and O–H groups in total. The molecular weight excluding hydrogens is 416 g/mol. The first-order chi connectivity index (χ1) is 15.1. The second-order valence-corrected chi connectivity index (χ2v) is 8.69. The number of phenolic OH excluding ortho intramolecular Hbond substituents is 1. The summed E-state index contributed by atoms with van der Waals surface area (Å²) in [6.45, 7) is 6.39. The molecule has 0 bridgehead atoms. The second-order valence-electron chi connectivity index (χ2n) is 8.69. The van der Waals surface area contributed by atoms with Gasteiger partial charge in [0.25, 0.3) is 5.91 Å². The third-order valence-corrected chi connectivity index (χ3v) is 5.07. The zero-order valence-corrected chi connectivity index (χ0v) is 19.3. The molecule has 0 aromatic heterocycles. The van der Waals surface area contributed by atoms with Crippen LogP contribution in [0, 0.1) is 5.41 Å². The number of hydrogen-bond donors (Lipinski definition) is 4. The van der Waals surface area contributed by atoms with Crippen LogP contribution in [0.25, 0.3) is 0 Å². The first-order valence-electron chi connectivity index (χ1n) is 10.8. The summed E-state index contributed by atoms with van der Waals surface area (Å²) in [6, 6.07) is 4.50. The van der Waals surface area contributed by atoms with Crippen LogP contribution in [0.1, 0.15) is 56.8 Å². The summed E-state index contributed by atoms with van der Waals surface area (Å²) in [4.78, 5) is 39.1. The zero-order valence-electron chi connectivity index (χ0n) is 19.3. The maximum Gasteiger partial charge on any atom is 0.328 e. The van der Waals surface area contributed by atoms with Crippen LogP contribution in [0.15, 0.2) is 24.3 Å². The Morgan fingerprint density at radius 1 is 1.19 bits per heavy atom. The minimum atomic E-state index is -0.817. The number of carbonyl (C=O) groups is 3. The summed E-state index contributed by atoms with van der Waals surface area (Å²) in [7, 11) is 1.30. The normalized spacial score (nSPS) is 16.6. The predicted octanol–water partition coefficient (Wildman–Crippen LogP) is 1.45. The number of aliphatic hydroxyl groups excluding tert-OH is 2. The Kier molecular flexibility index (Phi) is 11.1. The van der Waals surface area contributed by atoms with Crippen molar-refractivity contribution in [3.8, 4) is 5.75 Å². The number of ether oxygens (including phenoxy) is 1. The first-order valence-corrected chi connectivity index (χ1v) is 10.8. The summed E-state index contributed by atoms with van der Waals surface area (Å²) < 4.78 is 4.80. The average molecular weight is 453 g/mol. The maximum absolute atomic E-state index is 13.1. The predicted molar refractivity (Wildman–Crippen MR) is 119 cm³/mol. The van der Waals surface area contributed by atoms with Gasteiger partial charge < -0.3 is 30.3 Å². The molecule has 2 unspecified atom stereocenters. The summed E-state index contributed by atoms with van der Waals surface area (Å²) in [5, 5.41) is 28.5. The van der Waals surface area contributed by atoms with Crippen LogP contribution >= 0.6 is 0 Å². The molecule has 2 atom stereocenters. The minimum Gasteiger partial charge on any atom is -0.508 e. The number of esters is 1. The smallest absolute Gasteiger partial charge is 0.328 e. The van der Waals surface area contributed by atoms with Crippen molar-refractivity contribution in [2.75, 3.05) is 26.9 Å². The molecule has 32 heavy (non-hydrogen) atoms. The molecule has 1 fully saturated rings. The van der Waals surface area contributed by atoms with Crippen molar-refractivity contribution in [2.24, 2.45) is 5.41 Å². The highest BCUT2D eigenvalue weighted by Crippen LogP contribution is 2.26. The highest BCUT2D eigenvalue weighted by atomic mass is 16.5. The van der Waals surface area contributed by atoms with Crippen LogP contribution in [-0.4, -0.2) is 77.0 Å². The number of methoxy groups -OCH3 is 1. The van der Waals surface area contributed by atoms with Gasteiger partial charge in [0.15, 0.2) is 0 Å². The van der Waals surface area contributed by atoms with Crippen molar-refractivity contribution in [1.29, 1.82) is 0 Å². The fourth-order valence-corrected chi connectivity index (χ4v) is 3.31. The molecule has 2 amide bonds. The molecule has 0 saturated carbocycles. The van der Waals surface area contributed by atoms with Crippen molar-refractivity contribution in [3.63, 3.8) is 0 Å². The Hall–Kier alpha value is -2.65. The lowest BCUT2D eigenvalue weighted by Crippen LogP contribution is -2.56. The number of nitrogens with one attached hydrogen (secondary N) is 1. The summed E-state index contributed by atoms with van der Waals surface area (Å²) >= 11 is 0. The molecule has 9 heteroatoms. The number of carbonyl (C=O) groups excluding carboxylic acids is 3. The molecule has 1 aromatic carbocycles. The molecule has 0 aliphatic carbocycles. The van der Waals surface area contributed by atoms with Gasteiger partial charge in [0.05, 0.1) is 7.11 Å². The van der Waals surface area contributed by atoms with Crippen molar-refractivity contribution < 1.29 is 34.4 Å². The van der Waals surface area contributed by atoms with Crippen LogP contribution in [0.5, 0.6) is 5.75 Å². The third-order valence-electron chi connectivity index (χ3n) is 5.07. The van der Waals surface area contributed by atoms with Crippen molar-refractivity contribution in [3.05, 3.63) is 29.8 Å². The molecule has 0 spiro atoms. The molecular formula is C23H36N2O7. The van der Waals surface area contributed by atoms with Crippen LogP contribution in [-0.2, 0) is 14.3 Å². The van der Waals surface area contributed by atoms with E-state index in [4.69, 9.17) is 14.9 Å². The Morgan fingerprint density at radius 3 is 2.31 bits per heavy atom. The number of rotatable bonds is 7. The number of likely N-dealkylation sites (tertiary alicyclic amines) is 1. The standard InChI is InChI=1S/C19H26N2O5.C4H10O2/c1-19(2,3)15(20-16(23)12-7-5-8-13(22)11-12)17(24)21-10-6-9-14(21)18(25)26-4;5-3-1-2-4-6/h5,7-8,11,14-15,22H,6,9-10H2,1-4H3,(H,20,23);5-6H,1-4H2. The van der Waals surface area contributed by atoms with E-state index in [1.54, 1.807) is 12.1 Å². The van der Waals surface area contributed by atoms with Crippen LogP contribution in [0.4, 0.5) is 0 Å². The Labute approximate surface area is 189 Å². The molecule has 1 aliphatic rings. The fraction of sp³-hybridized carbons (Fsp3) is 0.609. The Bertz CT molecular complexity index is 757. The highest BCUT2D eigenvalue weighted by molar-refractivity contribution is 5.98. The van der Waals surface area contributed by atoms with Gasteiger partial charge in [-0.2, -0.15) is 0 Å². The third kappa shape index (κ3) is 8.12. The van der Waals surface area contributed by atoms with E-state index in [0.717, 1.165) is 12.8 Å². The van der Waals surface area contributed by atoms with Crippen LogP contribution in [0.3, 0.4) is 0 Å². The van der Waals surface area contributed by atoms with E-state index in [0.29, 0.717) is 19.4 Å². The van der Waals surface area contributed by atoms with Crippen molar-refractivity contribution in [1.82, 2.24) is 10.2 Å². The van der Waals surface area contributed by atoms with E-state index < -0.39 is 29.4 Å². The lowest BCUT2D eigenvalue weighted by Gasteiger charge is -2.35. The van der Waals surface area contributed by atoms with Gasteiger partial charge in [0.2, 0.25) is 5.91 Å². The molecule has 180 valence electrons. The van der Waals surface area contributed by atoms with E-state index in [2.05, 4.69) is 5.32 Å². The Morgan fingerprint density at radius 2 is 1.81 bits per heavy atom. The molecule has 9 nitrogen and oxygen atoms in total. The second kappa shape index (κ2) is 13.0. The summed E-state index contributed by atoms with van der Waals surface area (Å²) in [5.41, 5.74) is -0.301. The largest absolute Gasteiger partial charge is 0.508 e. The summed E-state index contributed by atoms with van der Waals surface area (Å²) in [5.74, 6) is -1.23. The van der Waals surface area contributed by atoms with Gasteiger partial charge in [-0.05, 0) is 49.3 Å². The molecule has 1 aliphatic heterocycles. The number of aromatic hydroxyl groups is 1. The van der Waals surface area contributed by atoms with Gasteiger partial charge in [-0.15, -0.1) is 0 Å². The van der Waals surface area contributed by atoms with Gasteiger partial charge in [0, 0.05) is 25.3 Å². The van der Waals surface area contributed by atoms with E-state index in [-0.39, 0.29) is 30.4 Å². The summed E-state index contributed by atoms with van der Waals surface area (Å²) in [6.07, 6.45) is 2.70. The number of amides is 2.